The maximum atomic E-state index is 12.0. The molecule has 2 aromatic rings. The fourth-order valence-electron chi connectivity index (χ4n) is 2.38. The molecule has 0 bridgehead atoms. The fraction of sp³-hybridized carbons (Fsp3) is 0.105. The van der Waals surface area contributed by atoms with Gasteiger partial charge in [0.15, 0.2) is 5.11 Å². The van der Waals surface area contributed by atoms with Crippen molar-refractivity contribution in [2.75, 3.05) is 7.11 Å². The van der Waals surface area contributed by atoms with E-state index in [9.17, 15) is 9.59 Å². The van der Waals surface area contributed by atoms with Crippen LogP contribution >= 0.6 is 12.2 Å². The fourth-order valence-corrected chi connectivity index (χ4v) is 2.57. The van der Waals surface area contributed by atoms with Crippen LogP contribution in [0.5, 0.6) is 11.5 Å². The summed E-state index contributed by atoms with van der Waals surface area (Å²) >= 11 is 4.80. The summed E-state index contributed by atoms with van der Waals surface area (Å²) < 4.78 is 11.1. The van der Waals surface area contributed by atoms with E-state index in [0.29, 0.717) is 23.7 Å². The van der Waals surface area contributed by atoms with Gasteiger partial charge in [-0.2, -0.15) is 0 Å². The van der Waals surface area contributed by atoms with Gasteiger partial charge in [0, 0.05) is 11.6 Å². The first-order valence-electron chi connectivity index (χ1n) is 7.80. The predicted molar refractivity (Wildman–Crippen MR) is 101 cm³/mol. The van der Waals surface area contributed by atoms with Crippen molar-refractivity contribution in [3.63, 3.8) is 0 Å². The van der Waals surface area contributed by atoms with Gasteiger partial charge in [0.05, 0.1) is 7.11 Å². The highest BCUT2D eigenvalue weighted by Crippen LogP contribution is 2.28. The van der Waals surface area contributed by atoms with Gasteiger partial charge in [0.1, 0.15) is 23.7 Å². The summed E-state index contributed by atoms with van der Waals surface area (Å²) in [6, 6.07) is 14.8. The molecule has 0 unspecified atom stereocenters. The van der Waals surface area contributed by atoms with E-state index >= 15 is 0 Å². The SMILES string of the molecule is COc1ccc(C=C2C(=O)NC(=S)NC2=O)c(OCc2ccccc2)c1. The highest BCUT2D eigenvalue weighted by Gasteiger charge is 2.26. The van der Waals surface area contributed by atoms with Crippen LogP contribution in [-0.2, 0) is 16.2 Å². The van der Waals surface area contributed by atoms with E-state index in [2.05, 4.69) is 10.6 Å². The van der Waals surface area contributed by atoms with Crippen LogP contribution in [0.1, 0.15) is 11.1 Å². The molecule has 3 rings (SSSR count). The minimum Gasteiger partial charge on any atom is -0.497 e. The zero-order valence-electron chi connectivity index (χ0n) is 13.9. The van der Waals surface area contributed by atoms with Gasteiger partial charge in [-0.3, -0.25) is 20.2 Å². The molecule has 1 heterocycles. The van der Waals surface area contributed by atoms with Crippen LogP contribution in [-0.4, -0.2) is 24.0 Å². The summed E-state index contributed by atoms with van der Waals surface area (Å²) in [6.07, 6.45) is 1.46. The molecule has 1 aliphatic heterocycles. The van der Waals surface area contributed by atoms with Crippen molar-refractivity contribution in [2.45, 2.75) is 6.61 Å². The van der Waals surface area contributed by atoms with Crippen molar-refractivity contribution >= 4 is 35.2 Å². The van der Waals surface area contributed by atoms with Crippen LogP contribution in [0.25, 0.3) is 6.08 Å². The quantitative estimate of drug-likeness (QED) is 0.481. The second kappa shape index (κ2) is 7.79. The largest absolute Gasteiger partial charge is 0.497 e. The third-order valence-electron chi connectivity index (χ3n) is 3.70. The number of hydrogen-bond donors (Lipinski definition) is 2. The zero-order valence-corrected chi connectivity index (χ0v) is 14.8. The smallest absolute Gasteiger partial charge is 0.263 e. The molecule has 2 amide bonds. The number of methoxy groups -OCH3 is 1. The van der Waals surface area contributed by atoms with Crippen molar-refractivity contribution in [3.05, 3.63) is 65.2 Å². The summed E-state index contributed by atoms with van der Waals surface area (Å²) in [5, 5.41) is 4.81. The first kappa shape index (κ1) is 17.6. The van der Waals surface area contributed by atoms with Gasteiger partial charge in [0.25, 0.3) is 11.8 Å². The Morgan fingerprint density at radius 1 is 1.04 bits per heavy atom. The molecule has 0 aliphatic carbocycles. The number of rotatable bonds is 5. The van der Waals surface area contributed by atoms with E-state index in [0.717, 1.165) is 5.56 Å². The summed E-state index contributed by atoms with van der Waals surface area (Å²) in [6.45, 7) is 0.340. The number of ether oxygens (including phenoxy) is 2. The van der Waals surface area contributed by atoms with E-state index < -0.39 is 11.8 Å². The third kappa shape index (κ3) is 4.07. The Bertz CT molecular complexity index is 872. The van der Waals surface area contributed by atoms with E-state index in [-0.39, 0.29) is 10.7 Å². The molecule has 2 N–H and O–H groups in total. The molecule has 0 saturated carbocycles. The van der Waals surface area contributed by atoms with Gasteiger partial charge < -0.3 is 9.47 Å². The standard InChI is InChI=1S/C19H16N2O4S/c1-24-14-8-7-13(9-15-17(22)20-19(26)21-18(15)23)16(10-14)25-11-12-5-3-2-4-6-12/h2-10H,11H2,1H3,(H2,20,21,22,23,26). The monoisotopic (exact) mass is 368 g/mol. The Morgan fingerprint density at radius 2 is 1.73 bits per heavy atom. The molecular formula is C19H16N2O4S. The molecule has 2 aromatic carbocycles. The van der Waals surface area contributed by atoms with Crippen LogP contribution < -0.4 is 20.1 Å². The average molecular weight is 368 g/mol. The van der Waals surface area contributed by atoms with Gasteiger partial charge >= 0.3 is 0 Å². The predicted octanol–water partition coefficient (Wildman–Crippen LogP) is 2.19. The molecule has 6 nitrogen and oxygen atoms in total. The van der Waals surface area contributed by atoms with Crippen molar-refractivity contribution < 1.29 is 19.1 Å². The number of thiocarbonyl (C=S) groups is 1. The lowest BCUT2D eigenvalue weighted by atomic mass is 10.1. The molecule has 1 saturated heterocycles. The molecule has 0 aromatic heterocycles. The highest BCUT2D eigenvalue weighted by molar-refractivity contribution is 7.80. The highest BCUT2D eigenvalue weighted by atomic mass is 32.1. The maximum absolute atomic E-state index is 12.0. The first-order valence-corrected chi connectivity index (χ1v) is 8.21. The number of benzene rings is 2. The lowest BCUT2D eigenvalue weighted by molar-refractivity contribution is -0.123. The van der Waals surface area contributed by atoms with Gasteiger partial charge in [-0.1, -0.05) is 30.3 Å². The molecular weight excluding hydrogens is 352 g/mol. The summed E-state index contributed by atoms with van der Waals surface area (Å²) in [5.74, 6) is -0.00413. The number of hydrogen-bond acceptors (Lipinski definition) is 5. The molecule has 1 fully saturated rings. The lowest BCUT2D eigenvalue weighted by Crippen LogP contribution is -2.51. The van der Waals surface area contributed by atoms with Gasteiger partial charge in [0.2, 0.25) is 0 Å². The lowest BCUT2D eigenvalue weighted by Gasteiger charge is -2.17. The number of carbonyl (C=O) groups is 2. The maximum Gasteiger partial charge on any atom is 0.263 e. The minimum absolute atomic E-state index is 0.00701. The molecule has 132 valence electrons. The molecule has 0 spiro atoms. The normalized spacial score (nSPS) is 13.7. The average Bonchev–Trinajstić information content (AvgIpc) is 2.64. The second-order valence-corrected chi connectivity index (χ2v) is 5.88. The Balaban J connectivity index is 1.91. The van der Waals surface area contributed by atoms with E-state index in [1.165, 1.54) is 6.08 Å². The molecule has 0 radical (unpaired) electrons. The third-order valence-corrected chi connectivity index (χ3v) is 3.91. The second-order valence-electron chi connectivity index (χ2n) is 5.47. The van der Waals surface area contributed by atoms with Crippen LogP contribution in [0.4, 0.5) is 0 Å². The Kier molecular flexibility index (Phi) is 5.28. The van der Waals surface area contributed by atoms with Crippen LogP contribution in [0, 0.1) is 0 Å². The summed E-state index contributed by atoms with van der Waals surface area (Å²) in [4.78, 5) is 24.1. The molecule has 0 atom stereocenters. The number of amides is 2. The van der Waals surface area contributed by atoms with Gasteiger partial charge in [-0.05, 0) is 36.0 Å². The van der Waals surface area contributed by atoms with Crippen molar-refractivity contribution in [1.82, 2.24) is 10.6 Å². The van der Waals surface area contributed by atoms with E-state index in [1.807, 2.05) is 30.3 Å². The van der Waals surface area contributed by atoms with Crippen molar-refractivity contribution in [1.29, 1.82) is 0 Å². The van der Waals surface area contributed by atoms with E-state index in [1.54, 1.807) is 25.3 Å². The molecule has 1 aliphatic rings. The topological polar surface area (TPSA) is 76.7 Å². The zero-order chi connectivity index (χ0) is 18.5. The van der Waals surface area contributed by atoms with Crippen LogP contribution in [0.15, 0.2) is 54.1 Å². The van der Waals surface area contributed by atoms with Gasteiger partial charge in [-0.15, -0.1) is 0 Å². The summed E-state index contributed by atoms with van der Waals surface area (Å²) in [5.41, 5.74) is 1.52. The van der Waals surface area contributed by atoms with Crippen molar-refractivity contribution in [2.24, 2.45) is 0 Å². The number of nitrogens with one attached hydrogen (secondary N) is 2. The Morgan fingerprint density at radius 3 is 2.38 bits per heavy atom. The molecule has 26 heavy (non-hydrogen) atoms. The summed E-state index contributed by atoms with van der Waals surface area (Å²) in [7, 11) is 1.55. The van der Waals surface area contributed by atoms with E-state index in [4.69, 9.17) is 21.7 Å². The minimum atomic E-state index is -0.552. The Hall–Kier alpha value is -3.19. The van der Waals surface area contributed by atoms with Crippen LogP contribution in [0.3, 0.4) is 0 Å². The first-order chi connectivity index (χ1) is 12.6. The van der Waals surface area contributed by atoms with Crippen LogP contribution in [0.2, 0.25) is 0 Å². The van der Waals surface area contributed by atoms with Gasteiger partial charge in [-0.25, -0.2) is 0 Å². The molecule has 7 heteroatoms. The Labute approximate surface area is 155 Å². The number of carbonyl (C=O) groups excluding carboxylic acids is 2. The van der Waals surface area contributed by atoms with Crippen molar-refractivity contribution in [3.8, 4) is 11.5 Å².